The van der Waals surface area contributed by atoms with Crippen LogP contribution in [0.4, 0.5) is 0 Å². The van der Waals surface area contributed by atoms with Crippen LogP contribution in [0.2, 0.25) is 0 Å². The number of methoxy groups -OCH3 is 1. The summed E-state index contributed by atoms with van der Waals surface area (Å²) in [7, 11) is 1.66. The Morgan fingerprint density at radius 1 is 0.694 bits per heavy atom. The zero-order valence-electron chi connectivity index (χ0n) is 21.4. The summed E-state index contributed by atoms with van der Waals surface area (Å²) in [5.41, 5.74) is 2.00. The Kier molecular flexibility index (Phi) is 6.55. The van der Waals surface area contributed by atoms with E-state index in [-0.39, 0.29) is 12.2 Å². The number of nitrogens with zero attached hydrogens (tertiary/aromatic N) is 1. The zero-order chi connectivity index (χ0) is 25.2. The lowest BCUT2D eigenvalue weighted by atomic mass is 10.0. The van der Waals surface area contributed by atoms with Gasteiger partial charge in [0.25, 0.3) is 0 Å². The third-order valence-corrected chi connectivity index (χ3v) is 6.00. The van der Waals surface area contributed by atoms with Crippen LogP contribution in [0.5, 0.6) is 23.0 Å². The molecule has 0 aliphatic rings. The number of fused-ring (bicyclic) bond motifs is 5. The molecule has 0 bridgehead atoms. The molecule has 0 unspecified atom stereocenters. The third-order valence-electron chi connectivity index (χ3n) is 6.00. The summed E-state index contributed by atoms with van der Waals surface area (Å²) in [5, 5.41) is 5.08. The molecule has 5 aromatic rings. The smallest absolute Gasteiger partial charge is 0.171 e. The lowest BCUT2D eigenvalue weighted by Gasteiger charge is -2.19. The molecular formula is C31H31NO4. The first-order valence-corrected chi connectivity index (χ1v) is 12.3. The average Bonchev–Trinajstić information content (AvgIpc) is 2.87. The number of hydrogen-bond acceptors (Lipinski definition) is 5. The van der Waals surface area contributed by atoms with Gasteiger partial charge in [-0.15, -0.1) is 0 Å². The molecule has 0 amide bonds. The Bertz CT molecular complexity index is 1530. The second-order valence-corrected chi connectivity index (χ2v) is 9.41. The molecule has 1 heterocycles. The van der Waals surface area contributed by atoms with E-state index < -0.39 is 0 Å². The highest BCUT2D eigenvalue weighted by Gasteiger charge is 2.17. The van der Waals surface area contributed by atoms with Crippen LogP contribution < -0.4 is 18.9 Å². The fraction of sp³-hybridized carbons (Fsp3) is 0.258. The van der Waals surface area contributed by atoms with Crippen LogP contribution in [0.1, 0.15) is 33.3 Å². The molecule has 0 fully saturated rings. The SMILES string of the molecule is COc1ccc2c(cnc3c4cc(OC(C)C)c(OC(C)C)cc4ccc23)c1OCc1ccccc1. The van der Waals surface area contributed by atoms with Crippen molar-refractivity contribution in [2.45, 2.75) is 46.5 Å². The Labute approximate surface area is 211 Å². The summed E-state index contributed by atoms with van der Waals surface area (Å²) in [4.78, 5) is 4.91. The first-order valence-electron chi connectivity index (χ1n) is 12.3. The van der Waals surface area contributed by atoms with Crippen molar-refractivity contribution in [1.29, 1.82) is 0 Å². The summed E-state index contributed by atoms with van der Waals surface area (Å²) >= 11 is 0. The summed E-state index contributed by atoms with van der Waals surface area (Å²) in [6.45, 7) is 8.51. The van der Waals surface area contributed by atoms with Gasteiger partial charge in [0.1, 0.15) is 6.61 Å². The fourth-order valence-electron chi connectivity index (χ4n) is 4.48. The van der Waals surface area contributed by atoms with E-state index in [1.165, 1.54) is 0 Å². The van der Waals surface area contributed by atoms with E-state index in [1.54, 1.807) is 7.11 Å². The van der Waals surface area contributed by atoms with Crippen LogP contribution in [0.25, 0.3) is 32.4 Å². The van der Waals surface area contributed by atoms with Gasteiger partial charge in [-0.3, -0.25) is 4.98 Å². The van der Waals surface area contributed by atoms with Gasteiger partial charge in [0.2, 0.25) is 0 Å². The minimum atomic E-state index is 0.0255. The van der Waals surface area contributed by atoms with E-state index in [0.717, 1.165) is 49.5 Å². The van der Waals surface area contributed by atoms with Crippen molar-refractivity contribution < 1.29 is 18.9 Å². The molecule has 5 heteroatoms. The molecule has 0 N–H and O–H groups in total. The van der Waals surface area contributed by atoms with Crippen LogP contribution in [0.3, 0.4) is 0 Å². The van der Waals surface area contributed by atoms with Gasteiger partial charge in [-0.2, -0.15) is 0 Å². The quantitative estimate of drug-likeness (QED) is 0.213. The Morgan fingerprint density at radius 2 is 1.39 bits per heavy atom. The number of rotatable bonds is 8. The first kappa shape index (κ1) is 23.7. The predicted molar refractivity (Wildman–Crippen MR) is 146 cm³/mol. The van der Waals surface area contributed by atoms with Gasteiger partial charge in [-0.25, -0.2) is 0 Å². The highest BCUT2D eigenvalue weighted by atomic mass is 16.5. The molecule has 0 spiro atoms. The first-order chi connectivity index (χ1) is 17.4. The molecule has 36 heavy (non-hydrogen) atoms. The van der Waals surface area contributed by atoms with Crippen LogP contribution >= 0.6 is 0 Å². The van der Waals surface area contributed by atoms with Crippen molar-refractivity contribution in [2.24, 2.45) is 0 Å². The highest BCUT2D eigenvalue weighted by Crippen LogP contribution is 2.41. The molecule has 0 radical (unpaired) electrons. The molecule has 0 aliphatic heterocycles. The maximum absolute atomic E-state index is 6.28. The Morgan fingerprint density at radius 3 is 2.08 bits per heavy atom. The summed E-state index contributed by atoms with van der Waals surface area (Å²) < 4.78 is 24.1. The lowest BCUT2D eigenvalue weighted by molar-refractivity contribution is 0.199. The zero-order valence-corrected chi connectivity index (χ0v) is 21.4. The van der Waals surface area contributed by atoms with Gasteiger partial charge in [-0.1, -0.05) is 42.5 Å². The fourth-order valence-corrected chi connectivity index (χ4v) is 4.48. The molecule has 0 atom stereocenters. The molecule has 184 valence electrons. The average molecular weight is 482 g/mol. The molecule has 5 rings (SSSR count). The van der Waals surface area contributed by atoms with Crippen molar-refractivity contribution in [2.75, 3.05) is 7.11 Å². The Balaban J connectivity index is 1.67. The lowest BCUT2D eigenvalue weighted by Crippen LogP contribution is -2.10. The van der Waals surface area contributed by atoms with Gasteiger partial charge in [0.15, 0.2) is 23.0 Å². The van der Waals surface area contributed by atoms with E-state index in [1.807, 2.05) is 82.4 Å². The maximum Gasteiger partial charge on any atom is 0.171 e. The maximum atomic E-state index is 6.28. The number of pyridine rings is 1. The van der Waals surface area contributed by atoms with Crippen LogP contribution in [-0.4, -0.2) is 24.3 Å². The van der Waals surface area contributed by atoms with Gasteiger partial charge < -0.3 is 18.9 Å². The minimum absolute atomic E-state index is 0.0255. The van der Waals surface area contributed by atoms with Gasteiger partial charge in [0, 0.05) is 22.4 Å². The normalized spacial score (nSPS) is 11.5. The second kappa shape index (κ2) is 9.94. The van der Waals surface area contributed by atoms with Crippen molar-refractivity contribution >= 4 is 32.4 Å². The monoisotopic (exact) mass is 481 g/mol. The molecule has 0 aliphatic carbocycles. The van der Waals surface area contributed by atoms with Crippen molar-refractivity contribution in [3.8, 4) is 23.0 Å². The van der Waals surface area contributed by atoms with E-state index in [4.69, 9.17) is 23.9 Å². The predicted octanol–water partition coefficient (Wildman–Crippen LogP) is 7.70. The molecule has 5 nitrogen and oxygen atoms in total. The van der Waals surface area contributed by atoms with E-state index in [2.05, 4.69) is 18.2 Å². The van der Waals surface area contributed by atoms with E-state index in [9.17, 15) is 0 Å². The van der Waals surface area contributed by atoms with Crippen molar-refractivity contribution in [3.05, 3.63) is 78.5 Å². The van der Waals surface area contributed by atoms with Crippen molar-refractivity contribution in [1.82, 2.24) is 4.98 Å². The van der Waals surface area contributed by atoms with E-state index in [0.29, 0.717) is 18.1 Å². The number of hydrogen-bond donors (Lipinski definition) is 0. The minimum Gasteiger partial charge on any atom is -0.493 e. The third kappa shape index (κ3) is 4.61. The van der Waals surface area contributed by atoms with E-state index >= 15 is 0 Å². The summed E-state index contributed by atoms with van der Waals surface area (Å²) in [5.74, 6) is 2.84. The van der Waals surface area contributed by atoms with Crippen molar-refractivity contribution in [3.63, 3.8) is 0 Å². The number of aromatic nitrogens is 1. The molecule has 0 saturated carbocycles. The largest absolute Gasteiger partial charge is 0.493 e. The van der Waals surface area contributed by atoms with Gasteiger partial charge in [0.05, 0.1) is 24.8 Å². The number of benzene rings is 4. The van der Waals surface area contributed by atoms with Crippen LogP contribution in [0.15, 0.2) is 72.9 Å². The molecule has 4 aromatic carbocycles. The molecule has 1 aromatic heterocycles. The summed E-state index contributed by atoms with van der Waals surface area (Å²) in [6, 6.07) is 22.4. The second-order valence-electron chi connectivity index (χ2n) is 9.41. The summed E-state index contributed by atoms with van der Waals surface area (Å²) in [6.07, 6.45) is 1.95. The molecule has 0 saturated heterocycles. The Hall–Kier alpha value is -3.99. The van der Waals surface area contributed by atoms with Gasteiger partial charge >= 0.3 is 0 Å². The molecular weight excluding hydrogens is 450 g/mol. The topological polar surface area (TPSA) is 49.8 Å². The van der Waals surface area contributed by atoms with Crippen LogP contribution in [-0.2, 0) is 6.61 Å². The highest BCUT2D eigenvalue weighted by molar-refractivity contribution is 6.16. The standard InChI is InChI=1S/C31H31NO4/c1-19(2)35-28-15-22-11-12-24-23-13-14-27(33-5)31(34-18-21-9-7-6-8-10-21)26(23)17-32-30(24)25(22)16-29(28)36-20(3)4/h6-17,19-20H,18H2,1-5H3. The van der Waals surface area contributed by atoms with Crippen LogP contribution in [0, 0.1) is 0 Å². The number of ether oxygens (including phenoxy) is 4. The van der Waals surface area contributed by atoms with Gasteiger partial charge in [-0.05, 0) is 68.3 Å².